The zero-order chi connectivity index (χ0) is 25.1. The molecule has 2 aromatic rings. The van der Waals surface area contributed by atoms with Crippen LogP contribution in [0.4, 0.5) is 8.78 Å². The minimum Gasteiger partial charge on any atom is -0.496 e. The number of ether oxygens (including phenoxy) is 2. The number of amides is 1. The van der Waals surface area contributed by atoms with E-state index < -0.39 is 23.6 Å². The minimum atomic E-state index is -0.906. The Bertz CT molecular complexity index is 1180. The van der Waals surface area contributed by atoms with Crippen LogP contribution in [0, 0.1) is 11.6 Å². The monoisotopic (exact) mass is 489 g/mol. The second kappa shape index (κ2) is 10.6. The Morgan fingerprint density at radius 2 is 1.89 bits per heavy atom. The van der Waals surface area contributed by atoms with Gasteiger partial charge in [0.15, 0.2) is 11.6 Å². The summed E-state index contributed by atoms with van der Waals surface area (Å²) in [5.41, 5.74) is 0.680. The van der Waals surface area contributed by atoms with Crippen molar-refractivity contribution in [1.29, 1.82) is 0 Å². The molecule has 2 aliphatic heterocycles. The van der Waals surface area contributed by atoms with Crippen LogP contribution in [0.3, 0.4) is 0 Å². The van der Waals surface area contributed by atoms with Gasteiger partial charge < -0.3 is 18.9 Å². The molecule has 1 atom stereocenters. The average molecular weight is 490 g/mol. The highest BCUT2D eigenvalue weighted by molar-refractivity contribution is 6.00. The molecule has 4 rings (SSSR count). The molecule has 188 valence electrons. The molecule has 8 nitrogen and oxygen atoms in total. The van der Waals surface area contributed by atoms with Gasteiger partial charge in [0.1, 0.15) is 17.4 Å². The number of fused-ring (bicyclic) bond motifs is 1. The summed E-state index contributed by atoms with van der Waals surface area (Å²) in [6.07, 6.45) is 2.38. The van der Waals surface area contributed by atoms with E-state index in [1.807, 2.05) is 4.90 Å². The zero-order valence-electron chi connectivity index (χ0n) is 19.9. The Hall–Kier alpha value is -3.27. The minimum absolute atomic E-state index is 0.157. The van der Waals surface area contributed by atoms with Crippen LogP contribution in [0.25, 0.3) is 0 Å². The van der Waals surface area contributed by atoms with Gasteiger partial charge in [0.05, 0.1) is 14.2 Å². The lowest BCUT2D eigenvalue weighted by molar-refractivity contribution is -0.147. The molecule has 1 saturated heterocycles. The molecule has 3 heterocycles. The molecule has 0 aliphatic carbocycles. The molecular formula is C25H29F2N3O5. The van der Waals surface area contributed by atoms with Crippen molar-refractivity contribution < 1.29 is 27.8 Å². The number of rotatable bonds is 5. The van der Waals surface area contributed by atoms with Gasteiger partial charge in [0.25, 0.3) is 11.5 Å². The summed E-state index contributed by atoms with van der Waals surface area (Å²) in [4.78, 5) is 42.5. The van der Waals surface area contributed by atoms with Gasteiger partial charge in [0, 0.05) is 56.5 Å². The second-order valence-electron chi connectivity index (χ2n) is 8.80. The van der Waals surface area contributed by atoms with Crippen LogP contribution in [0.1, 0.15) is 40.9 Å². The van der Waals surface area contributed by atoms with Crippen LogP contribution in [-0.4, -0.2) is 66.1 Å². The number of hydrogen-bond donors (Lipinski definition) is 0. The summed E-state index contributed by atoms with van der Waals surface area (Å²) in [5, 5.41) is 0. The molecule has 1 aromatic carbocycles. The number of carbonyl (C=O) groups excluding carboxylic acids is 2. The number of methoxy groups -OCH3 is 2. The predicted molar refractivity (Wildman–Crippen MR) is 123 cm³/mol. The van der Waals surface area contributed by atoms with Gasteiger partial charge in [0.2, 0.25) is 0 Å². The fourth-order valence-electron chi connectivity index (χ4n) is 4.95. The van der Waals surface area contributed by atoms with E-state index in [9.17, 15) is 23.2 Å². The summed E-state index contributed by atoms with van der Waals surface area (Å²) >= 11 is 0. The second-order valence-corrected chi connectivity index (χ2v) is 8.80. The molecule has 0 N–H and O–H groups in total. The molecule has 0 spiro atoms. The molecule has 10 heteroatoms. The van der Waals surface area contributed by atoms with Crippen molar-refractivity contribution in [2.24, 2.45) is 0 Å². The fourth-order valence-corrected chi connectivity index (χ4v) is 4.95. The number of nitrogens with zero attached hydrogens (tertiary/aromatic N) is 3. The number of pyridine rings is 1. The van der Waals surface area contributed by atoms with E-state index in [-0.39, 0.29) is 41.4 Å². The number of aromatic nitrogens is 1. The molecule has 0 unspecified atom stereocenters. The highest BCUT2D eigenvalue weighted by Gasteiger charge is 2.36. The van der Waals surface area contributed by atoms with Crippen LogP contribution in [0.5, 0.6) is 5.75 Å². The predicted octanol–water partition coefficient (Wildman–Crippen LogP) is 2.36. The number of likely N-dealkylation sites (tertiary alicyclic amines) is 1. The van der Waals surface area contributed by atoms with Crippen molar-refractivity contribution in [3.05, 3.63) is 63.1 Å². The largest absolute Gasteiger partial charge is 0.496 e. The number of halogens is 2. The van der Waals surface area contributed by atoms with Crippen molar-refractivity contribution in [3.8, 4) is 5.75 Å². The van der Waals surface area contributed by atoms with Crippen LogP contribution in [0.2, 0.25) is 0 Å². The highest BCUT2D eigenvalue weighted by atomic mass is 19.2. The van der Waals surface area contributed by atoms with Crippen molar-refractivity contribution in [1.82, 2.24) is 14.4 Å². The first-order chi connectivity index (χ1) is 16.8. The lowest BCUT2D eigenvalue weighted by Gasteiger charge is -2.34. The molecule has 0 bridgehead atoms. The standard InChI is InChI=1S/C25H29F2N3O5/c1-34-20-14-21(31)29-13-12-28(15-16-6-5-7-17(26)23(16)27)11-9-18(29)22(20)24(32)30-10-4-3-8-19(30)25(33)35-2/h5-7,14,19H,3-4,8-13,15H2,1-2H3/t19-/m1/s1. The highest BCUT2D eigenvalue weighted by Crippen LogP contribution is 2.28. The lowest BCUT2D eigenvalue weighted by atomic mass is 9.99. The first-order valence-corrected chi connectivity index (χ1v) is 11.7. The number of benzene rings is 1. The first-order valence-electron chi connectivity index (χ1n) is 11.7. The maximum absolute atomic E-state index is 14.2. The number of piperidine rings is 1. The Kier molecular flexibility index (Phi) is 7.49. The average Bonchev–Trinajstić information content (AvgIpc) is 3.09. The first kappa shape index (κ1) is 24.8. The number of esters is 1. The van der Waals surface area contributed by atoms with E-state index >= 15 is 0 Å². The Balaban J connectivity index is 1.67. The van der Waals surface area contributed by atoms with Crippen LogP contribution < -0.4 is 10.3 Å². The summed E-state index contributed by atoms with van der Waals surface area (Å²) in [6, 6.07) is 4.66. The maximum Gasteiger partial charge on any atom is 0.328 e. The SMILES string of the molecule is COC(=O)[C@H]1CCCCN1C(=O)c1c(OC)cc(=O)n2c1CCN(Cc1cccc(F)c1F)CC2. The number of hydrogen-bond acceptors (Lipinski definition) is 6. The smallest absolute Gasteiger partial charge is 0.328 e. The van der Waals surface area contributed by atoms with Crippen molar-refractivity contribution in [3.63, 3.8) is 0 Å². The molecule has 2 aliphatic rings. The fraction of sp³-hybridized carbons (Fsp3) is 0.480. The lowest BCUT2D eigenvalue weighted by Crippen LogP contribution is -2.49. The van der Waals surface area contributed by atoms with Crippen LogP contribution >= 0.6 is 0 Å². The van der Waals surface area contributed by atoms with Gasteiger partial charge in [-0.05, 0) is 25.3 Å². The van der Waals surface area contributed by atoms with Gasteiger partial charge in [-0.25, -0.2) is 13.6 Å². The van der Waals surface area contributed by atoms with Gasteiger partial charge >= 0.3 is 5.97 Å². The number of carbonyl (C=O) groups is 2. The normalized spacial score (nSPS) is 18.5. The molecule has 1 amide bonds. The summed E-state index contributed by atoms with van der Waals surface area (Å²) in [6.45, 7) is 1.67. The van der Waals surface area contributed by atoms with Gasteiger partial charge in [-0.15, -0.1) is 0 Å². The summed E-state index contributed by atoms with van der Waals surface area (Å²) in [7, 11) is 2.69. The third-order valence-electron chi connectivity index (χ3n) is 6.78. The van der Waals surface area contributed by atoms with E-state index in [1.54, 1.807) is 0 Å². The van der Waals surface area contributed by atoms with Gasteiger partial charge in [-0.3, -0.25) is 14.5 Å². The molecular weight excluding hydrogens is 460 g/mol. The van der Waals surface area contributed by atoms with Crippen molar-refractivity contribution in [2.75, 3.05) is 33.9 Å². The Morgan fingerprint density at radius 1 is 1.09 bits per heavy atom. The summed E-state index contributed by atoms with van der Waals surface area (Å²) < 4.78 is 39.8. The molecule has 1 aromatic heterocycles. The molecule has 1 fully saturated rings. The van der Waals surface area contributed by atoms with Gasteiger partial charge in [-0.2, -0.15) is 0 Å². The third-order valence-corrected chi connectivity index (χ3v) is 6.78. The quantitative estimate of drug-likeness (QED) is 0.600. The Labute approximate surface area is 202 Å². The topological polar surface area (TPSA) is 81.1 Å². The molecule has 0 saturated carbocycles. The maximum atomic E-state index is 14.2. The van der Waals surface area contributed by atoms with Crippen molar-refractivity contribution in [2.45, 2.75) is 44.8 Å². The van der Waals surface area contributed by atoms with E-state index in [0.29, 0.717) is 38.2 Å². The van der Waals surface area contributed by atoms with Crippen LogP contribution in [-0.2, 0) is 29.0 Å². The van der Waals surface area contributed by atoms with Gasteiger partial charge in [-0.1, -0.05) is 12.1 Å². The molecule has 0 radical (unpaired) electrons. The van der Waals surface area contributed by atoms with E-state index in [4.69, 9.17) is 9.47 Å². The van der Waals surface area contributed by atoms with E-state index in [2.05, 4.69) is 0 Å². The van der Waals surface area contributed by atoms with E-state index in [0.717, 1.165) is 18.9 Å². The van der Waals surface area contributed by atoms with Crippen LogP contribution in [0.15, 0.2) is 29.1 Å². The third kappa shape index (κ3) is 4.93. The van der Waals surface area contributed by atoms with E-state index in [1.165, 1.54) is 41.9 Å². The zero-order valence-corrected chi connectivity index (χ0v) is 19.9. The summed E-state index contributed by atoms with van der Waals surface area (Å²) in [5.74, 6) is -2.49. The van der Waals surface area contributed by atoms with Crippen molar-refractivity contribution >= 4 is 11.9 Å². The molecule has 35 heavy (non-hydrogen) atoms. The Morgan fingerprint density at radius 3 is 2.63 bits per heavy atom.